The van der Waals surface area contributed by atoms with Crippen molar-refractivity contribution in [1.82, 2.24) is 9.47 Å². The molecule has 248 valence electrons. The Hall–Kier alpha value is -5.11. The van der Waals surface area contributed by atoms with Gasteiger partial charge in [0.15, 0.2) is 17.1 Å². The summed E-state index contributed by atoms with van der Waals surface area (Å²) in [6.07, 6.45) is -5.46. The number of ether oxygens (including phenoxy) is 2. The number of carbonyl (C=O) groups is 2. The molecule has 1 amide bonds. The van der Waals surface area contributed by atoms with Crippen LogP contribution in [0.15, 0.2) is 72.9 Å². The number of methoxy groups -OCH3 is 1. The van der Waals surface area contributed by atoms with Gasteiger partial charge in [-0.3, -0.25) is 19.7 Å². The van der Waals surface area contributed by atoms with Gasteiger partial charge >= 0.3 is 12.1 Å². The maximum Gasteiger partial charge on any atom is 0.422 e. The number of carboxylic acids is 1. The lowest BCUT2D eigenvalue weighted by Gasteiger charge is -2.36. The molecule has 0 radical (unpaired) electrons. The summed E-state index contributed by atoms with van der Waals surface area (Å²) in [6.45, 7) is 0.207. The first-order valence-corrected chi connectivity index (χ1v) is 14.7. The fourth-order valence-electron chi connectivity index (χ4n) is 5.81. The number of likely N-dealkylation sites (tertiary alicyclic amines) is 1. The number of benzene rings is 3. The van der Waals surface area contributed by atoms with Crippen LogP contribution in [0, 0.1) is 10.1 Å². The van der Waals surface area contributed by atoms with E-state index in [0.29, 0.717) is 22.6 Å². The Morgan fingerprint density at radius 3 is 2.32 bits per heavy atom. The lowest BCUT2D eigenvalue weighted by molar-refractivity contribution is -0.384. The third-order valence-corrected chi connectivity index (χ3v) is 8.27. The van der Waals surface area contributed by atoms with Gasteiger partial charge in [-0.1, -0.05) is 36.4 Å². The summed E-state index contributed by atoms with van der Waals surface area (Å²) in [6, 6.07) is 16.9. The Balaban J connectivity index is 1.36. The standard InChI is InChI=1S/C33H32F3N3O8/c1-46-29-15-22(16-31(41)42)7-10-28(29)47-24-11-13-37(14-12-24)30(40)18-32(43,33(34,35)36)26-20-38(19-21-5-3-2-4-6-21)27-17-23(39(44)45)8-9-25(26)27/h2-10,15,17,20,24,43H,11-14,16,18-19H2,1H3,(H,41,42). The predicted molar refractivity (Wildman–Crippen MR) is 163 cm³/mol. The lowest BCUT2D eigenvalue weighted by Crippen LogP contribution is -2.49. The van der Waals surface area contributed by atoms with E-state index in [4.69, 9.17) is 14.6 Å². The van der Waals surface area contributed by atoms with E-state index in [0.717, 1.165) is 24.4 Å². The lowest BCUT2D eigenvalue weighted by atomic mass is 9.88. The summed E-state index contributed by atoms with van der Waals surface area (Å²) < 4.78 is 57.0. The highest BCUT2D eigenvalue weighted by Crippen LogP contribution is 2.46. The first-order chi connectivity index (χ1) is 22.3. The van der Waals surface area contributed by atoms with Crippen molar-refractivity contribution in [1.29, 1.82) is 0 Å². The molecule has 1 unspecified atom stereocenters. The number of amides is 1. The highest BCUT2D eigenvalue weighted by atomic mass is 19.4. The van der Waals surface area contributed by atoms with Crippen LogP contribution in [0.4, 0.5) is 18.9 Å². The first-order valence-electron chi connectivity index (χ1n) is 14.7. The van der Waals surface area contributed by atoms with Crippen molar-refractivity contribution in [2.24, 2.45) is 0 Å². The number of carbonyl (C=O) groups excluding carboxylic acids is 1. The van der Waals surface area contributed by atoms with Crippen LogP contribution >= 0.6 is 0 Å². The fourth-order valence-corrected chi connectivity index (χ4v) is 5.81. The van der Waals surface area contributed by atoms with Gasteiger partial charge in [0.25, 0.3) is 5.69 Å². The Kier molecular flexibility index (Phi) is 9.43. The predicted octanol–water partition coefficient (Wildman–Crippen LogP) is 5.44. The Bertz CT molecular complexity index is 1790. The molecule has 0 aliphatic carbocycles. The number of aromatic nitrogens is 1. The minimum atomic E-state index is -5.26. The second-order valence-electron chi connectivity index (χ2n) is 11.4. The normalized spacial score (nSPS) is 15.3. The average Bonchev–Trinajstić information content (AvgIpc) is 3.39. The molecule has 1 fully saturated rings. The molecule has 5 rings (SSSR count). The molecule has 2 N–H and O–H groups in total. The number of nitrogens with zero attached hydrogens (tertiary/aromatic N) is 3. The van der Waals surface area contributed by atoms with E-state index in [9.17, 15) is 38.0 Å². The van der Waals surface area contributed by atoms with Gasteiger partial charge in [-0.15, -0.1) is 0 Å². The smallest absolute Gasteiger partial charge is 0.422 e. The van der Waals surface area contributed by atoms with Gasteiger partial charge in [0, 0.05) is 61.8 Å². The number of fused-ring (bicyclic) bond motifs is 1. The van der Waals surface area contributed by atoms with Crippen LogP contribution in [0.25, 0.3) is 10.9 Å². The monoisotopic (exact) mass is 655 g/mol. The first kappa shape index (κ1) is 33.3. The minimum Gasteiger partial charge on any atom is -0.493 e. The molecule has 1 saturated heterocycles. The number of nitro groups is 1. The van der Waals surface area contributed by atoms with Gasteiger partial charge in [0.05, 0.1) is 30.4 Å². The number of alkyl halides is 3. The van der Waals surface area contributed by atoms with Gasteiger partial charge in [0.2, 0.25) is 5.91 Å². The van der Waals surface area contributed by atoms with Crippen molar-refractivity contribution >= 4 is 28.5 Å². The van der Waals surface area contributed by atoms with E-state index in [1.165, 1.54) is 16.6 Å². The molecule has 1 atom stereocenters. The van der Waals surface area contributed by atoms with Gasteiger partial charge in [-0.05, 0) is 29.3 Å². The van der Waals surface area contributed by atoms with Crippen molar-refractivity contribution in [3.05, 3.63) is 99.7 Å². The molecular weight excluding hydrogens is 623 g/mol. The molecule has 0 spiro atoms. The van der Waals surface area contributed by atoms with Crippen LogP contribution in [-0.2, 0) is 28.2 Å². The summed E-state index contributed by atoms with van der Waals surface area (Å²) in [7, 11) is 1.41. The number of rotatable bonds is 11. The molecule has 4 aromatic rings. The number of halogens is 3. The highest BCUT2D eigenvalue weighted by molar-refractivity contribution is 5.88. The Morgan fingerprint density at radius 2 is 1.70 bits per heavy atom. The zero-order valence-corrected chi connectivity index (χ0v) is 25.3. The third-order valence-electron chi connectivity index (χ3n) is 8.27. The number of non-ortho nitro benzene ring substituents is 1. The van der Waals surface area contributed by atoms with E-state index >= 15 is 0 Å². The number of hydrogen-bond donors (Lipinski definition) is 2. The number of piperidine rings is 1. The fraction of sp³-hybridized carbons (Fsp3) is 0.333. The second-order valence-corrected chi connectivity index (χ2v) is 11.4. The Labute approximate surface area is 266 Å². The maximum absolute atomic E-state index is 14.8. The summed E-state index contributed by atoms with van der Waals surface area (Å²) >= 11 is 0. The molecule has 1 aliphatic rings. The molecule has 14 heteroatoms. The highest BCUT2D eigenvalue weighted by Gasteiger charge is 2.57. The number of aliphatic carboxylic acids is 1. The molecular formula is C33H32F3N3O8. The topological polar surface area (TPSA) is 144 Å². The van der Waals surface area contributed by atoms with Crippen LogP contribution in [0.2, 0.25) is 0 Å². The van der Waals surface area contributed by atoms with Gasteiger partial charge in [-0.25, -0.2) is 0 Å². The van der Waals surface area contributed by atoms with E-state index < -0.39 is 46.7 Å². The van der Waals surface area contributed by atoms with Crippen LogP contribution < -0.4 is 9.47 Å². The van der Waals surface area contributed by atoms with E-state index in [1.807, 2.05) is 0 Å². The van der Waals surface area contributed by atoms with Crippen LogP contribution in [0.1, 0.15) is 36.0 Å². The van der Waals surface area contributed by atoms with Crippen molar-refractivity contribution < 1.29 is 47.4 Å². The van der Waals surface area contributed by atoms with Crippen molar-refractivity contribution in [2.75, 3.05) is 20.2 Å². The molecule has 0 saturated carbocycles. The summed E-state index contributed by atoms with van der Waals surface area (Å²) in [5.74, 6) is -1.22. The van der Waals surface area contributed by atoms with Crippen LogP contribution in [0.3, 0.4) is 0 Å². The molecule has 1 aliphatic heterocycles. The molecule has 11 nitrogen and oxygen atoms in total. The minimum absolute atomic E-state index is 0.0606. The molecule has 3 aromatic carbocycles. The zero-order valence-electron chi connectivity index (χ0n) is 25.3. The van der Waals surface area contributed by atoms with Crippen LogP contribution in [0.5, 0.6) is 11.5 Å². The molecule has 1 aromatic heterocycles. The van der Waals surface area contributed by atoms with Crippen molar-refractivity contribution in [3.8, 4) is 11.5 Å². The zero-order chi connectivity index (χ0) is 33.9. The maximum atomic E-state index is 14.8. The quantitative estimate of drug-likeness (QED) is 0.161. The number of carboxylic acid groups (broad SMARTS) is 1. The Morgan fingerprint density at radius 1 is 1.00 bits per heavy atom. The molecule has 2 heterocycles. The summed E-state index contributed by atoms with van der Waals surface area (Å²) in [5, 5.41) is 31.8. The second kappa shape index (κ2) is 13.3. The van der Waals surface area contributed by atoms with Crippen molar-refractivity contribution in [2.45, 2.75) is 50.1 Å². The van der Waals surface area contributed by atoms with Gasteiger partial charge in [0.1, 0.15) is 6.10 Å². The van der Waals surface area contributed by atoms with Crippen molar-refractivity contribution in [3.63, 3.8) is 0 Å². The van der Waals surface area contributed by atoms with E-state index in [-0.39, 0.29) is 55.5 Å². The third kappa shape index (κ3) is 7.17. The van der Waals surface area contributed by atoms with Gasteiger partial charge < -0.3 is 29.2 Å². The van der Waals surface area contributed by atoms with Gasteiger partial charge in [-0.2, -0.15) is 13.2 Å². The van der Waals surface area contributed by atoms with Crippen LogP contribution in [-0.4, -0.2) is 69.0 Å². The molecule has 47 heavy (non-hydrogen) atoms. The SMILES string of the molecule is COc1cc(CC(=O)O)ccc1OC1CCN(C(=O)CC(O)(c2cn(Cc3ccccc3)c3cc([N+](=O)[O-])ccc23)C(F)(F)F)CC1. The summed E-state index contributed by atoms with van der Waals surface area (Å²) in [5.41, 5.74) is -3.15. The number of aliphatic hydroxyl groups is 1. The molecule has 0 bridgehead atoms. The average molecular weight is 656 g/mol. The van der Waals surface area contributed by atoms with E-state index in [1.54, 1.807) is 48.5 Å². The van der Waals surface area contributed by atoms with E-state index in [2.05, 4.69) is 0 Å². The number of nitro benzene ring substituents is 1. The largest absolute Gasteiger partial charge is 0.493 e. The number of hydrogen-bond acceptors (Lipinski definition) is 7. The summed E-state index contributed by atoms with van der Waals surface area (Å²) in [4.78, 5) is 36.5.